The lowest BCUT2D eigenvalue weighted by atomic mass is 10.0. The number of nitro groups is 4. The van der Waals surface area contributed by atoms with Crippen LogP contribution in [0, 0.1) is 40.5 Å². The van der Waals surface area contributed by atoms with Crippen LogP contribution in [0.5, 0.6) is 0 Å². The second-order valence-corrected chi connectivity index (χ2v) is 4.41. The lowest BCUT2D eigenvalue weighted by Gasteiger charge is -2.07. The first-order valence-corrected chi connectivity index (χ1v) is 5.84. The van der Waals surface area contributed by atoms with Crippen LogP contribution in [0.3, 0.4) is 0 Å². The number of anilines is 2. The van der Waals surface area contributed by atoms with Crippen molar-refractivity contribution >= 4 is 44.9 Å². The third-order valence-corrected chi connectivity index (χ3v) is 3.17. The summed E-state index contributed by atoms with van der Waals surface area (Å²) in [4.78, 5) is 39.4. The zero-order valence-corrected chi connectivity index (χ0v) is 11.4. The van der Waals surface area contributed by atoms with E-state index in [0.29, 0.717) is 0 Å². The smallest absolute Gasteiger partial charge is 0.397 e. The molecule has 0 heterocycles. The van der Waals surface area contributed by atoms with Crippen LogP contribution in [0.25, 0.3) is 10.8 Å². The molecule has 14 nitrogen and oxygen atoms in total. The summed E-state index contributed by atoms with van der Waals surface area (Å²) in [5.41, 5.74) is 4.44. The summed E-state index contributed by atoms with van der Waals surface area (Å²) in [5, 5.41) is 43.5. The molecule has 14 heteroatoms. The second-order valence-electron chi connectivity index (χ2n) is 4.41. The molecule has 2 aromatic rings. The van der Waals surface area contributed by atoms with Crippen LogP contribution in [0.4, 0.5) is 34.1 Å². The van der Waals surface area contributed by atoms with Crippen molar-refractivity contribution in [1.29, 1.82) is 0 Å². The molecule has 0 spiro atoms. The third-order valence-electron chi connectivity index (χ3n) is 3.17. The molecule has 0 aliphatic rings. The number of rotatable bonds is 4. The van der Waals surface area contributed by atoms with E-state index in [1.165, 1.54) is 0 Å². The van der Waals surface area contributed by atoms with Crippen molar-refractivity contribution < 1.29 is 19.7 Å². The summed E-state index contributed by atoms with van der Waals surface area (Å²) >= 11 is 0. The summed E-state index contributed by atoms with van der Waals surface area (Å²) in [5.74, 6) is 0. The van der Waals surface area contributed by atoms with Crippen LogP contribution < -0.4 is 11.5 Å². The fourth-order valence-corrected chi connectivity index (χ4v) is 2.27. The summed E-state index contributed by atoms with van der Waals surface area (Å²) in [7, 11) is 0. The first-order valence-electron chi connectivity index (χ1n) is 5.84. The molecule has 2 aromatic carbocycles. The average Bonchev–Trinajstić information content (AvgIpc) is 2.47. The molecule has 124 valence electrons. The summed E-state index contributed by atoms with van der Waals surface area (Å²) in [6, 6.07) is 1.95. The van der Waals surface area contributed by atoms with E-state index < -0.39 is 58.9 Å². The van der Waals surface area contributed by atoms with Crippen LogP contribution in [0.1, 0.15) is 0 Å². The van der Waals surface area contributed by atoms with E-state index in [4.69, 9.17) is 11.5 Å². The summed E-state index contributed by atoms with van der Waals surface area (Å²) < 4.78 is 0. The number of nitrogen functional groups attached to an aromatic ring is 2. The van der Waals surface area contributed by atoms with Gasteiger partial charge in [0.05, 0.1) is 41.8 Å². The lowest BCUT2D eigenvalue weighted by molar-refractivity contribution is -0.450. The summed E-state index contributed by atoms with van der Waals surface area (Å²) in [6.07, 6.45) is 0. The van der Waals surface area contributed by atoms with E-state index >= 15 is 0 Å². The number of hydrogen-bond donors (Lipinski definition) is 2. The molecule has 0 saturated heterocycles. The number of benzene rings is 2. The van der Waals surface area contributed by atoms with E-state index in [0.717, 1.165) is 12.1 Å². The largest absolute Gasteiger partial charge is 0.430 e. The maximum atomic E-state index is 11.3. The van der Waals surface area contributed by atoms with Gasteiger partial charge < -0.3 is 11.5 Å². The monoisotopic (exact) mass is 338 g/mol. The highest BCUT2D eigenvalue weighted by Gasteiger charge is 2.47. The fourth-order valence-electron chi connectivity index (χ4n) is 2.27. The molecule has 0 unspecified atom stereocenters. The van der Waals surface area contributed by atoms with Crippen LogP contribution in [-0.2, 0) is 0 Å². The molecule has 0 aromatic heterocycles. The Morgan fingerprint density at radius 3 is 1.50 bits per heavy atom. The number of nitrogens with zero attached hydrogens (tertiary/aromatic N) is 4. The second kappa shape index (κ2) is 5.27. The van der Waals surface area contributed by atoms with E-state index in [2.05, 4.69) is 0 Å². The first kappa shape index (κ1) is 16.3. The molecule has 0 amide bonds. The van der Waals surface area contributed by atoms with Crippen LogP contribution >= 0.6 is 0 Å². The Bertz CT molecular complexity index is 954. The predicted molar refractivity (Wildman–Crippen MR) is 79.4 cm³/mol. The van der Waals surface area contributed by atoms with Crippen molar-refractivity contribution in [2.24, 2.45) is 0 Å². The van der Waals surface area contributed by atoms with Crippen LogP contribution in [0.2, 0.25) is 0 Å². The molecule has 0 atom stereocenters. The number of hydrogen-bond acceptors (Lipinski definition) is 10. The molecule has 0 saturated carbocycles. The van der Waals surface area contributed by atoms with Crippen molar-refractivity contribution in [3.05, 3.63) is 52.6 Å². The maximum Gasteiger partial charge on any atom is 0.430 e. The topological polar surface area (TPSA) is 225 Å². The van der Waals surface area contributed by atoms with Crippen molar-refractivity contribution in [3.63, 3.8) is 0 Å². The minimum atomic E-state index is -1.64. The highest BCUT2D eigenvalue weighted by atomic mass is 16.7. The number of nitro benzene ring substituents is 4. The van der Waals surface area contributed by atoms with Gasteiger partial charge in [-0.05, 0) is 12.1 Å². The van der Waals surface area contributed by atoms with Gasteiger partial charge in [0.25, 0.3) is 0 Å². The highest BCUT2D eigenvalue weighted by Crippen LogP contribution is 2.51. The van der Waals surface area contributed by atoms with Gasteiger partial charge in [0.1, 0.15) is 0 Å². The number of nitrogens with two attached hydrogens (primary N) is 2. The van der Waals surface area contributed by atoms with Gasteiger partial charge in [-0.3, -0.25) is 40.5 Å². The molecule has 4 N–H and O–H groups in total. The molecule has 0 aliphatic heterocycles. The van der Waals surface area contributed by atoms with Gasteiger partial charge in [-0.2, -0.15) is 0 Å². The molecular formula is C10H6N6O8. The Morgan fingerprint density at radius 2 is 1.08 bits per heavy atom. The zero-order valence-electron chi connectivity index (χ0n) is 11.4. The van der Waals surface area contributed by atoms with Gasteiger partial charge in [0.2, 0.25) is 0 Å². The Hall–Kier alpha value is -4.10. The highest BCUT2D eigenvalue weighted by molar-refractivity contribution is 6.13. The quantitative estimate of drug-likeness (QED) is 0.465. The van der Waals surface area contributed by atoms with Crippen molar-refractivity contribution in [1.82, 2.24) is 0 Å². The van der Waals surface area contributed by atoms with Crippen molar-refractivity contribution in [3.8, 4) is 0 Å². The van der Waals surface area contributed by atoms with E-state index in [1.807, 2.05) is 0 Å². The average molecular weight is 338 g/mol. The van der Waals surface area contributed by atoms with Crippen LogP contribution in [0.15, 0.2) is 12.1 Å². The molecule has 2 rings (SSSR count). The molecule has 0 aliphatic carbocycles. The molecular weight excluding hydrogens is 332 g/mol. The van der Waals surface area contributed by atoms with Gasteiger partial charge in [-0.1, -0.05) is 0 Å². The van der Waals surface area contributed by atoms with E-state index in [1.54, 1.807) is 0 Å². The Balaban J connectivity index is 3.36. The van der Waals surface area contributed by atoms with Crippen molar-refractivity contribution in [2.75, 3.05) is 11.5 Å². The molecule has 0 radical (unpaired) electrons. The third kappa shape index (κ3) is 2.14. The Morgan fingerprint density at radius 1 is 0.667 bits per heavy atom. The predicted octanol–water partition coefficient (Wildman–Crippen LogP) is 1.64. The van der Waals surface area contributed by atoms with E-state index in [9.17, 15) is 40.5 Å². The van der Waals surface area contributed by atoms with Crippen molar-refractivity contribution in [2.45, 2.75) is 0 Å². The zero-order chi connectivity index (χ0) is 18.3. The van der Waals surface area contributed by atoms with Gasteiger partial charge in [-0.25, -0.2) is 0 Å². The minimum absolute atomic E-state index is 0.233. The molecule has 0 fully saturated rings. The Kier molecular flexibility index (Phi) is 3.57. The van der Waals surface area contributed by atoms with Gasteiger partial charge in [0.15, 0.2) is 0 Å². The number of fused-ring (bicyclic) bond motifs is 1. The SMILES string of the molecule is Nc1ccc2c([N+](=O)[O-])c([N+](=O)[O-])c([N+](=O)[O-])c([N+](=O)[O-])c2c1N. The van der Waals surface area contributed by atoms with Crippen LogP contribution in [-0.4, -0.2) is 19.7 Å². The lowest BCUT2D eigenvalue weighted by Crippen LogP contribution is -2.08. The van der Waals surface area contributed by atoms with Gasteiger partial charge in [-0.15, -0.1) is 0 Å². The summed E-state index contributed by atoms with van der Waals surface area (Å²) in [6.45, 7) is 0. The van der Waals surface area contributed by atoms with Gasteiger partial charge in [0, 0.05) is 0 Å². The minimum Gasteiger partial charge on any atom is -0.397 e. The Labute approximate surface area is 129 Å². The first-order chi connectivity index (χ1) is 11.1. The fraction of sp³-hybridized carbons (Fsp3) is 0. The molecule has 0 bridgehead atoms. The van der Waals surface area contributed by atoms with E-state index in [-0.39, 0.29) is 5.69 Å². The van der Waals surface area contributed by atoms with Gasteiger partial charge >= 0.3 is 22.7 Å². The maximum absolute atomic E-state index is 11.3. The normalized spacial score (nSPS) is 10.5. The molecule has 24 heavy (non-hydrogen) atoms. The standard InChI is InChI=1S/C10H6N6O8/c11-4-2-1-3-5(6(4)12)8(14(19)20)10(16(23)24)9(15(21)22)7(3)13(17)18/h1-2H,11-12H2.